The molecule has 2 N–H and O–H groups in total. The molecule has 0 aliphatic carbocycles. The number of hydrogen-bond donors (Lipinski definition) is 2. The summed E-state index contributed by atoms with van der Waals surface area (Å²) in [5, 5.41) is 10.1. The van der Waals surface area contributed by atoms with E-state index >= 15 is 0 Å². The molecule has 0 aromatic rings. The van der Waals surface area contributed by atoms with Crippen LogP contribution in [0.3, 0.4) is 0 Å². The largest absolute Gasteiger partial charge is 0.480 e. The second kappa shape index (κ2) is 4.49. The third-order valence-corrected chi connectivity index (χ3v) is 1.07. The standard InChI is InChI=1S/C7H11NO3/c1-3-5(2)7(11)8-4-6(9)10/h3H,4H2,1-2H3,(H,8,11)(H,9,10)/i4D2. The highest BCUT2D eigenvalue weighted by molar-refractivity contribution is 5.94. The van der Waals surface area contributed by atoms with Gasteiger partial charge in [-0.3, -0.25) is 9.59 Å². The summed E-state index contributed by atoms with van der Waals surface area (Å²) in [5.74, 6) is -2.44. The number of carbonyl (C=O) groups is 2. The van der Waals surface area contributed by atoms with Crippen LogP contribution in [0.5, 0.6) is 0 Å². The maximum Gasteiger partial charge on any atom is 0.322 e. The summed E-state index contributed by atoms with van der Waals surface area (Å²) in [6, 6.07) is 0. The molecule has 0 aromatic heterocycles. The fourth-order valence-corrected chi connectivity index (χ4v) is 0.340. The van der Waals surface area contributed by atoms with Gasteiger partial charge in [0.15, 0.2) is 0 Å². The second-order valence-electron chi connectivity index (χ2n) is 1.86. The molecule has 0 atom stereocenters. The quantitative estimate of drug-likeness (QED) is 0.576. The van der Waals surface area contributed by atoms with Gasteiger partial charge in [-0.05, 0) is 13.8 Å². The first-order valence-corrected chi connectivity index (χ1v) is 3.00. The van der Waals surface area contributed by atoms with Crippen molar-refractivity contribution in [1.29, 1.82) is 0 Å². The SMILES string of the molecule is [2H]C([2H])(NC(=O)C(C)=CC)C(=O)O. The second-order valence-corrected chi connectivity index (χ2v) is 1.86. The van der Waals surface area contributed by atoms with Gasteiger partial charge in [0.2, 0.25) is 5.91 Å². The van der Waals surface area contributed by atoms with E-state index in [4.69, 9.17) is 7.85 Å². The van der Waals surface area contributed by atoms with Crippen molar-refractivity contribution in [2.24, 2.45) is 0 Å². The zero-order valence-corrected chi connectivity index (χ0v) is 6.34. The van der Waals surface area contributed by atoms with Crippen LogP contribution in [0.1, 0.15) is 16.6 Å². The van der Waals surface area contributed by atoms with Gasteiger partial charge in [-0.15, -0.1) is 0 Å². The minimum absolute atomic E-state index is 0.269. The van der Waals surface area contributed by atoms with Crippen molar-refractivity contribution in [2.75, 3.05) is 6.50 Å². The van der Waals surface area contributed by atoms with E-state index in [0.29, 0.717) is 0 Å². The van der Waals surface area contributed by atoms with Crippen LogP contribution < -0.4 is 5.32 Å². The van der Waals surface area contributed by atoms with E-state index in [1.165, 1.54) is 13.0 Å². The Hall–Kier alpha value is -1.32. The normalized spacial score (nSPS) is 14.9. The number of rotatable bonds is 3. The van der Waals surface area contributed by atoms with Crippen LogP contribution in [0.4, 0.5) is 0 Å². The molecule has 0 aromatic carbocycles. The van der Waals surface area contributed by atoms with Crippen LogP contribution in [-0.2, 0) is 9.59 Å². The van der Waals surface area contributed by atoms with E-state index in [2.05, 4.69) is 0 Å². The first-order valence-electron chi connectivity index (χ1n) is 4.00. The summed E-state index contributed by atoms with van der Waals surface area (Å²) < 4.78 is 13.8. The van der Waals surface area contributed by atoms with E-state index in [-0.39, 0.29) is 5.57 Å². The van der Waals surface area contributed by atoms with Gasteiger partial charge in [-0.1, -0.05) is 6.08 Å². The van der Waals surface area contributed by atoms with Crippen molar-refractivity contribution in [1.82, 2.24) is 5.32 Å². The first-order chi connectivity index (χ1) is 5.81. The highest BCUT2D eigenvalue weighted by Gasteiger charge is 2.03. The Morgan fingerprint density at radius 2 is 2.27 bits per heavy atom. The van der Waals surface area contributed by atoms with Gasteiger partial charge in [0.25, 0.3) is 0 Å². The Morgan fingerprint density at radius 3 is 2.64 bits per heavy atom. The van der Waals surface area contributed by atoms with Crippen LogP contribution in [0.2, 0.25) is 0 Å². The molecule has 4 nitrogen and oxygen atoms in total. The van der Waals surface area contributed by atoms with Crippen LogP contribution in [0.15, 0.2) is 11.6 Å². The van der Waals surface area contributed by atoms with Gasteiger partial charge in [-0.25, -0.2) is 0 Å². The predicted octanol–water partition coefficient (Wildman–Crippen LogP) is 0.153. The molecule has 0 aliphatic rings. The zero-order valence-electron chi connectivity index (χ0n) is 8.34. The fraction of sp³-hybridized carbons (Fsp3) is 0.429. The van der Waals surface area contributed by atoms with E-state index in [0.717, 1.165) is 0 Å². The maximum atomic E-state index is 11.0. The smallest absolute Gasteiger partial charge is 0.322 e. The molecule has 0 unspecified atom stereocenters. The Balaban J connectivity index is 4.46. The van der Waals surface area contributed by atoms with Crippen LogP contribution in [0.25, 0.3) is 0 Å². The average molecular weight is 159 g/mol. The molecule has 0 radical (unpaired) electrons. The Morgan fingerprint density at radius 1 is 1.73 bits per heavy atom. The summed E-state index contributed by atoms with van der Waals surface area (Å²) in [6.45, 7) is 0.347. The van der Waals surface area contributed by atoms with Crippen molar-refractivity contribution in [3.05, 3.63) is 11.6 Å². The van der Waals surface area contributed by atoms with Gasteiger partial charge >= 0.3 is 5.97 Å². The summed E-state index contributed by atoms with van der Waals surface area (Å²) in [4.78, 5) is 21.3. The molecule has 0 saturated carbocycles. The van der Waals surface area contributed by atoms with Gasteiger partial charge in [0.1, 0.15) is 6.50 Å². The lowest BCUT2D eigenvalue weighted by molar-refractivity contribution is -0.137. The van der Waals surface area contributed by atoms with Crippen molar-refractivity contribution in [3.63, 3.8) is 0 Å². The summed E-state index contributed by atoms with van der Waals surface area (Å²) in [5.41, 5.74) is 0.269. The molecule has 1 amide bonds. The van der Waals surface area contributed by atoms with E-state index in [1.807, 2.05) is 0 Å². The van der Waals surface area contributed by atoms with E-state index < -0.39 is 18.4 Å². The molecule has 11 heavy (non-hydrogen) atoms. The number of hydrogen-bond acceptors (Lipinski definition) is 2. The lowest BCUT2D eigenvalue weighted by Gasteiger charge is -1.99. The third-order valence-electron chi connectivity index (χ3n) is 1.07. The lowest BCUT2D eigenvalue weighted by Crippen LogP contribution is -2.29. The fourth-order valence-electron chi connectivity index (χ4n) is 0.340. The van der Waals surface area contributed by atoms with Gasteiger partial charge in [0.05, 0.1) is 2.74 Å². The molecule has 0 aliphatic heterocycles. The number of nitrogens with one attached hydrogen (secondary N) is 1. The number of allylic oxidation sites excluding steroid dienone is 1. The molecule has 0 bridgehead atoms. The van der Waals surface area contributed by atoms with Gasteiger partial charge < -0.3 is 10.4 Å². The van der Waals surface area contributed by atoms with Crippen LogP contribution >= 0.6 is 0 Å². The minimum Gasteiger partial charge on any atom is -0.480 e. The molecule has 0 spiro atoms. The number of aliphatic carboxylic acids is 1. The number of carbonyl (C=O) groups excluding carboxylic acids is 1. The summed E-state index contributed by atoms with van der Waals surface area (Å²) in [6.07, 6.45) is 1.47. The third kappa shape index (κ3) is 4.13. The molecule has 0 fully saturated rings. The van der Waals surface area contributed by atoms with Crippen molar-refractivity contribution >= 4 is 11.9 Å². The van der Waals surface area contributed by atoms with Crippen LogP contribution in [0, 0.1) is 0 Å². The Labute approximate surface area is 67.7 Å². The molecule has 0 rings (SSSR count). The van der Waals surface area contributed by atoms with Crippen molar-refractivity contribution < 1.29 is 17.4 Å². The highest BCUT2D eigenvalue weighted by atomic mass is 16.4. The summed E-state index contributed by atoms with van der Waals surface area (Å²) in [7, 11) is 0. The molecule has 62 valence electrons. The lowest BCUT2D eigenvalue weighted by atomic mass is 10.3. The predicted molar refractivity (Wildman–Crippen MR) is 40.1 cm³/mol. The molecule has 0 heterocycles. The molecule has 4 heteroatoms. The number of carboxylic acids is 1. The van der Waals surface area contributed by atoms with Crippen molar-refractivity contribution in [2.45, 2.75) is 13.8 Å². The Bertz CT molecular complexity index is 260. The topological polar surface area (TPSA) is 66.4 Å². The first kappa shape index (κ1) is 6.39. The zero-order chi connectivity index (χ0) is 10.6. The van der Waals surface area contributed by atoms with E-state index in [1.54, 1.807) is 12.2 Å². The van der Waals surface area contributed by atoms with Crippen LogP contribution in [-0.4, -0.2) is 23.5 Å². The monoisotopic (exact) mass is 159 g/mol. The minimum atomic E-state index is -2.72. The maximum absolute atomic E-state index is 11.0. The van der Waals surface area contributed by atoms with Gasteiger partial charge in [-0.2, -0.15) is 0 Å². The Kier molecular flexibility index (Phi) is 2.61. The van der Waals surface area contributed by atoms with Gasteiger partial charge in [0, 0.05) is 5.57 Å². The number of carboxylic acid groups (broad SMARTS) is 1. The highest BCUT2D eigenvalue weighted by Crippen LogP contribution is 1.89. The molecular formula is C7H11NO3. The van der Waals surface area contributed by atoms with E-state index in [9.17, 15) is 9.59 Å². The molecular weight excluding hydrogens is 146 g/mol. The van der Waals surface area contributed by atoms with Crippen molar-refractivity contribution in [3.8, 4) is 0 Å². The summed E-state index contributed by atoms with van der Waals surface area (Å²) >= 11 is 0. The average Bonchev–Trinajstić information content (AvgIpc) is 2.01. The number of amides is 1. The molecule has 0 saturated heterocycles.